The highest BCUT2D eigenvalue weighted by molar-refractivity contribution is 5.72. The van der Waals surface area contributed by atoms with Crippen LogP contribution in [0.4, 0.5) is 9.18 Å². The van der Waals surface area contributed by atoms with E-state index >= 15 is 0 Å². The Balaban J connectivity index is 1.67. The summed E-state index contributed by atoms with van der Waals surface area (Å²) < 4.78 is 14.2. The Morgan fingerprint density at radius 2 is 1.92 bits per heavy atom. The van der Waals surface area contributed by atoms with E-state index < -0.39 is 6.09 Å². The van der Waals surface area contributed by atoms with Crippen LogP contribution in [-0.4, -0.2) is 39.2 Å². The van der Waals surface area contributed by atoms with E-state index in [1.54, 1.807) is 18.5 Å². The summed E-state index contributed by atoms with van der Waals surface area (Å²) in [6, 6.07) is 6.62. The molecule has 1 aromatic heterocycles. The lowest BCUT2D eigenvalue weighted by atomic mass is 9.77. The number of carboxylic acid groups (broad SMARTS) is 1. The first-order valence-electron chi connectivity index (χ1n) is 8.35. The highest BCUT2D eigenvalue weighted by Crippen LogP contribution is 2.38. The molecule has 2 unspecified atom stereocenters. The molecule has 0 spiro atoms. The first-order chi connectivity index (χ1) is 12.1. The van der Waals surface area contributed by atoms with Crippen molar-refractivity contribution in [3.8, 4) is 11.4 Å². The summed E-state index contributed by atoms with van der Waals surface area (Å²) >= 11 is 0. The zero-order chi connectivity index (χ0) is 17.4. The number of hydrogen-bond acceptors (Lipinski definition) is 3. The van der Waals surface area contributed by atoms with Crippen molar-refractivity contribution in [3.63, 3.8) is 0 Å². The Kier molecular flexibility index (Phi) is 3.95. The average molecular weight is 339 g/mol. The maximum absolute atomic E-state index is 14.2. The molecule has 5 nitrogen and oxygen atoms in total. The molecule has 1 aliphatic heterocycles. The molecule has 1 saturated heterocycles. The van der Waals surface area contributed by atoms with Crippen molar-refractivity contribution in [3.05, 3.63) is 54.1 Å². The molecule has 128 valence electrons. The smallest absolute Gasteiger partial charge is 0.407 e. The van der Waals surface area contributed by atoms with Crippen LogP contribution in [-0.2, 0) is 0 Å². The van der Waals surface area contributed by atoms with Crippen molar-refractivity contribution in [2.45, 2.75) is 12.8 Å². The zero-order valence-electron chi connectivity index (χ0n) is 13.6. The molecule has 2 aromatic rings. The van der Waals surface area contributed by atoms with Crippen LogP contribution in [0.1, 0.15) is 18.4 Å². The Hall–Kier alpha value is -2.76. The van der Waals surface area contributed by atoms with Crippen molar-refractivity contribution in [1.82, 2.24) is 14.9 Å². The van der Waals surface area contributed by atoms with E-state index in [1.165, 1.54) is 17.0 Å². The third-order valence-corrected chi connectivity index (χ3v) is 4.88. The molecule has 2 atom stereocenters. The molecule has 4 rings (SSSR count). The van der Waals surface area contributed by atoms with E-state index in [-0.39, 0.29) is 17.7 Å². The minimum absolute atomic E-state index is 0.193. The summed E-state index contributed by atoms with van der Waals surface area (Å²) in [6.45, 7) is 1.06. The number of fused-ring (bicyclic) bond motifs is 2. The minimum Gasteiger partial charge on any atom is -0.465 e. The molecule has 2 aliphatic rings. The van der Waals surface area contributed by atoms with Crippen LogP contribution in [0, 0.1) is 17.7 Å². The second-order valence-corrected chi connectivity index (χ2v) is 6.75. The van der Waals surface area contributed by atoms with E-state index in [2.05, 4.69) is 16.0 Å². The van der Waals surface area contributed by atoms with Gasteiger partial charge >= 0.3 is 6.09 Å². The highest BCUT2D eigenvalue weighted by atomic mass is 19.1. The van der Waals surface area contributed by atoms with Gasteiger partial charge in [0.2, 0.25) is 0 Å². The molecular weight excluding hydrogens is 321 g/mol. The van der Waals surface area contributed by atoms with Gasteiger partial charge in [0.25, 0.3) is 0 Å². The van der Waals surface area contributed by atoms with Crippen LogP contribution < -0.4 is 0 Å². The molecule has 1 N–H and O–H groups in total. The maximum Gasteiger partial charge on any atom is 0.407 e. The van der Waals surface area contributed by atoms with E-state index in [4.69, 9.17) is 0 Å². The second kappa shape index (κ2) is 6.27. The quantitative estimate of drug-likeness (QED) is 0.906. The van der Waals surface area contributed by atoms with Gasteiger partial charge in [-0.2, -0.15) is 0 Å². The lowest BCUT2D eigenvalue weighted by Crippen LogP contribution is -2.44. The van der Waals surface area contributed by atoms with E-state index in [0.29, 0.717) is 24.5 Å². The van der Waals surface area contributed by atoms with E-state index in [9.17, 15) is 14.3 Å². The fourth-order valence-electron chi connectivity index (χ4n) is 3.90. The van der Waals surface area contributed by atoms with Crippen molar-refractivity contribution < 1.29 is 14.3 Å². The van der Waals surface area contributed by atoms with Gasteiger partial charge in [0, 0.05) is 31.0 Å². The molecule has 25 heavy (non-hydrogen) atoms. The number of nitrogens with zero attached hydrogens (tertiary/aromatic N) is 3. The summed E-state index contributed by atoms with van der Waals surface area (Å²) in [6.07, 6.45) is 6.28. The number of allylic oxidation sites excluding steroid dienone is 1. The molecule has 1 aromatic carbocycles. The molecule has 0 saturated carbocycles. The third-order valence-electron chi connectivity index (χ3n) is 4.88. The summed E-state index contributed by atoms with van der Waals surface area (Å²) in [4.78, 5) is 21.1. The monoisotopic (exact) mass is 339 g/mol. The molecular formula is C19H18FN3O2. The normalized spacial score (nSPS) is 22.4. The number of carbonyl (C=O) groups is 1. The van der Waals surface area contributed by atoms with Crippen LogP contribution >= 0.6 is 0 Å². The number of amides is 1. The van der Waals surface area contributed by atoms with Gasteiger partial charge in [0.05, 0.1) is 0 Å². The first-order valence-corrected chi connectivity index (χ1v) is 8.35. The fraction of sp³-hybridized carbons (Fsp3) is 0.316. The lowest BCUT2D eigenvalue weighted by Gasteiger charge is -2.39. The predicted molar refractivity (Wildman–Crippen MR) is 91.2 cm³/mol. The van der Waals surface area contributed by atoms with Crippen LogP contribution in [0.15, 0.2) is 42.7 Å². The largest absolute Gasteiger partial charge is 0.465 e. The number of rotatable bonds is 2. The lowest BCUT2D eigenvalue weighted by molar-refractivity contribution is 0.106. The topological polar surface area (TPSA) is 66.3 Å². The van der Waals surface area contributed by atoms with Gasteiger partial charge in [0.1, 0.15) is 5.82 Å². The minimum atomic E-state index is -0.860. The van der Waals surface area contributed by atoms with Crippen LogP contribution in [0.2, 0.25) is 0 Å². The summed E-state index contributed by atoms with van der Waals surface area (Å²) in [5.41, 5.74) is 2.57. The highest BCUT2D eigenvalue weighted by Gasteiger charge is 2.33. The van der Waals surface area contributed by atoms with Crippen molar-refractivity contribution >= 4 is 11.7 Å². The van der Waals surface area contributed by atoms with Gasteiger partial charge in [-0.25, -0.2) is 19.2 Å². The fourth-order valence-corrected chi connectivity index (χ4v) is 3.90. The summed E-state index contributed by atoms with van der Waals surface area (Å²) in [7, 11) is 0. The number of benzene rings is 1. The first kappa shape index (κ1) is 15.7. The Labute approximate surface area is 144 Å². The molecule has 0 radical (unpaired) electrons. The molecule has 2 bridgehead atoms. The molecule has 1 fully saturated rings. The molecule has 1 aliphatic carbocycles. The Bertz CT molecular complexity index is 838. The zero-order valence-corrected chi connectivity index (χ0v) is 13.6. The summed E-state index contributed by atoms with van der Waals surface area (Å²) in [5, 5.41) is 9.22. The molecule has 2 heterocycles. The molecule has 6 heteroatoms. The van der Waals surface area contributed by atoms with Crippen molar-refractivity contribution in [2.75, 3.05) is 13.1 Å². The van der Waals surface area contributed by atoms with E-state index in [1.807, 2.05) is 6.07 Å². The van der Waals surface area contributed by atoms with Gasteiger partial charge < -0.3 is 10.0 Å². The van der Waals surface area contributed by atoms with E-state index in [0.717, 1.165) is 24.0 Å². The SMILES string of the molecule is O=C(O)N1CC2C=C(c3cc(F)cc(-c4ncccn4)c3)CC(C2)C1. The van der Waals surface area contributed by atoms with Gasteiger partial charge in [-0.05, 0) is 60.1 Å². The standard InChI is InChI=1S/C19H18FN3O2/c20-17-8-15(7-16(9-17)18-21-2-1-3-22-18)14-5-12-4-13(6-14)11-23(10-12)19(24)25/h1-3,5,7-9,12-13H,4,6,10-11H2,(H,24,25). The van der Waals surface area contributed by atoms with Gasteiger partial charge in [0.15, 0.2) is 5.82 Å². The van der Waals surface area contributed by atoms with Gasteiger partial charge in [-0.3, -0.25) is 0 Å². The predicted octanol–water partition coefficient (Wildman–Crippen LogP) is 3.69. The average Bonchev–Trinajstić information content (AvgIpc) is 2.61. The van der Waals surface area contributed by atoms with Crippen LogP contribution in [0.3, 0.4) is 0 Å². The number of likely N-dealkylation sites (tertiary alicyclic amines) is 1. The Morgan fingerprint density at radius 1 is 1.16 bits per heavy atom. The maximum atomic E-state index is 14.2. The number of aromatic nitrogens is 2. The second-order valence-electron chi connectivity index (χ2n) is 6.75. The van der Waals surface area contributed by atoms with Gasteiger partial charge in [-0.15, -0.1) is 0 Å². The summed E-state index contributed by atoms with van der Waals surface area (Å²) in [5.74, 6) is 0.661. The Morgan fingerprint density at radius 3 is 2.64 bits per heavy atom. The number of hydrogen-bond donors (Lipinski definition) is 1. The third kappa shape index (κ3) is 3.24. The number of halogens is 1. The van der Waals surface area contributed by atoms with Gasteiger partial charge in [-0.1, -0.05) is 6.08 Å². The van der Waals surface area contributed by atoms with Crippen LogP contribution in [0.5, 0.6) is 0 Å². The van der Waals surface area contributed by atoms with Crippen molar-refractivity contribution in [2.24, 2.45) is 11.8 Å². The molecule has 1 amide bonds. The van der Waals surface area contributed by atoms with Crippen molar-refractivity contribution in [1.29, 1.82) is 0 Å². The van der Waals surface area contributed by atoms with Crippen LogP contribution in [0.25, 0.3) is 17.0 Å². The number of piperidine rings is 1.